The zero-order chi connectivity index (χ0) is 12.7. The van der Waals surface area contributed by atoms with Crippen molar-refractivity contribution in [3.63, 3.8) is 0 Å². The lowest BCUT2D eigenvalue weighted by atomic mass is 10.3. The number of anilines is 1. The number of rotatable bonds is 2. The van der Waals surface area contributed by atoms with Crippen LogP contribution in [0.4, 0.5) is 5.95 Å². The van der Waals surface area contributed by atoms with Crippen LogP contribution in [0.15, 0.2) is 29.8 Å². The number of aromatic nitrogens is 3. The van der Waals surface area contributed by atoms with Gasteiger partial charge in [-0.25, -0.2) is 9.97 Å². The standard InChI is InChI=1S/C12H11ClN4S/c1-7(11-15-4-5-18-11)17-10-6-8(13)2-3-9(10)16-12(17)14/h2-7H,1H3,(H2,14,16). The number of nitrogens with zero attached hydrogens (tertiary/aromatic N) is 3. The molecule has 3 aromatic rings. The van der Waals surface area contributed by atoms with Crippen LogP contribution < -0.4 is 5.73 Å². The van der Waals surface area contributed by atoms with Crippen LogP contribution in [-0.2, 0) is 0 Å². The Morgan fingerprint density at radius 3 is 3.00 bits per heavy atom. The number of nitrogen functional groups attached to an aromatic ring is 1. The fourth-order valence-electron chi connectivity index (χ4n) is 2.04. The molecule has 3 rings (SSSR count). The quantitative estimate of drug-likeness (QED) is 0.782. The largest absolute Gasteiger partial charge is 0.369 e. The van der Waals surface area contributed by atoms with Crippen molar-refractivity contribution in [2.45, 2.75) is 13.0 Å². The Kier molecular flexibility index (Phi) is 2.72. The Hall–Kier alpha value is -1.59. The number of halogens is 1. The first-order valence-corrected chi connectivity index (χ1v) is 6.75. The Balaban J connectivity index is 2.22. The molecule has 0 saturated heterocycles. The second kappa shape index (κ2) is 4.26. The highest BCUT2D eigenvalue weighted by Crippen LogP contribution is 2.29. The lowest BCUT2D eigenvalue weighted by molar-refractivity contribution is 0.662. The normalized spacial score (nSPS) is 13.0. The zero-order valence-electron chi connectivity index (χ0n) is 9.67. The monoisotopic (exact) mass is 278 g/mol. The maximum Gasteiger partial charge on any atom is 0.201 e. The Labute approximate surface area is 113 Å². The molecule has 0 spiro atoms. The van der Waals surface area contributed by atoms with Crippen LogP contribution in [0.1, 0.15) is 18.0 Å². The summed E-state index contributed by atoms with van der Waals surface area (Å²) >= 11 is 7.64. The molecule has 1 aromatic carbocycles. The summed E-state index contributed by atoms with van der Waals surface area (Å²) in [5, 5.41) is 3.63. The highest BCUT2D eigenvalue weighted by atomic mass is 35.5. The van der Waals surface area contributed by atoms with Gasteiger partial charge in [0.1, 0.15) is 5.01 Å². The highest BCUT2D eigenvalue weighted by molar-refractivity contribution is 7.09. The van der Waals surface area contributed by atoms with Crippen molar-refractivity contribution < 1.29 is 0 Å². The van der Waals surface area contributed by atoms with Crippen molar-refractivity contribution in [1.82, 2.24) is 14.5 Å². The van der Waals surface area contributed by atoms with E-state index in [-0.39, 0.29) is 6.04 Å². The molecule has 1 unspecified atom stereocenters. The van der Waals surface area contributed by atoms with Crippen LogP contribution in [0.25, 0.3) is 11.0 Å². The molecule has 0 fully saturated rings. The molecule has 2 N–H and O–H groups in total. The lowest BCUT2D eigenvalue weighted by Crippen LogP contribution is -2.09. The maximum atomic E-state index is 6.03. The summed E-state index contributed by atoms with van der Waals surface area (Å²) < 4.78 is 1.96. The number of thiazole rings is 1. The molecule has 0 aliphatic heterocycles. The van der Waals surface area contributed by atoms with Gasteiger partial charge >= 0.3 is 0 Å². The molecule has 2 heterocycles. The minimum Gasteiger partial charge on any atom is -0.369 e. The van der Waals surface area contributed by atoms with Crippen LogP contribution in [0.3, 0.4) is 0 Å². The van der Waals surface area contributed by atoms with E-state index in [4.69, 9.17) is 17.3 Å². The molecular weight excluding hydrogens is 268 g/mol. The fourth-order valence-corrected chi connectivity index (χ4v) is 2.89. The first-order valence-electron chi connectivity index (χ1n) is 5.49. The average molecular weight is 279 g/mol. The molecular formula is C12H11ClN4S. The summed E-state index contributed by atoms with van der Waals surface area (Å²) in [6, 6.07) is 5.62. The molecule has 6 heteroatoms. The molecule has 1 atom stereocenters. The van der Waals surface area contributed by atoms with Crippen LogP contribution >= 0.6 is 22.9 Å². The molecule has 18 heavy (non-hydrogen) atoms. The molecule has 0 aliphatic rings. The number of nitrogens with two attached hydrogens (primary N) is 1. The van der Waals surface area contributed by atoms with E-state index in [1.54, 1.807) is 17.5 Å². The van der Waals surface area contributed by atoms with E-state index in [2.05, 4.69) is 16.9 Å². The molecule has 0 bridgehead atoms. The molecule has 4 nitrogen and oxygen atoms in total. The molecule has 2 aromatic heterocycles. The molecule has 0 radical (unpaired) electrons. The van der Waals surface area contributed by atoms with E-state index in [0.717, 1.165) is 16.0 Å². The van der Waals surface area contributed by atoms with Gasteiger partial charge in [0.15, 0.2) is 0 Å². The summed E-state index contributed by atoms with van der Waals surface area (Å²) in [6.07, 6.45) is 1.79. The van der Waals surface area contributed by atoms with E-state index >= 15 is 0 Å². The fraction of sp³-hybridized carbons (Fsp3) is 0.167. The second-order valence-corrected chi connectivity index (χ2v) is 5.38. The lowest BCUT2D eigenvalue weighted by Gasteiger charge is -2.13. The SMILES string of the molecule is CC(c1nccs1)n1c(N)nc2ccc(Cl)cc21. The Bertz CT molecular complexity index is 689. The van der Waals surface area contributed by atoms with E-state index in [1.165, 1.54) is 0 Å². The first-order chi connectivity index (χ1) is 8.66. The first kappa shape index (κ1) is 11.5. The van der Waals surface area contributed by atoms with Crippen LogP contribution in [0.5, 0.6) is 0 Å². The topological polar surface area (TPSA) is 56.7 Å². The summed E-state index contributed by atoms with van der Waals surface area (Å²) in [5.41, 5.74) is 7.78. The van der Waals surface area contributed by atoms with Crippen molar-refractivity contribution >= 4 is 39.9 Å². The van der Waals surface area contributed by atoms with Gasteiger partial charge in [-0.05, 0) is 25.1 Å². The maximum absolute atomic E-state index is 6.03. The molecule has 92 valence electrons. The van der Waals surface area contributed by atoms with Gasteiger partial charge < -0.3 is 10.3 Å². The number of hydrogen-bond acceptors (Lipinski definition) is 4. The minimum atomic E-state index is 0.0495. The minimum absolute atomic E-state index is 0.0495. The summed E-state index contributed by atoms with van der Waals surface area (Å²) in [6.45, 7) is 2.05. The number of benzene rings is 1. The van der Waals surface area contributed by atoms with E-state index in [9.17, 15) is 0 Å². The third-order valence-electron chi connectivity index (χ3n) is 2.87. The smallest absolute Gasteiger partial charge is 0.201 e. The van der Waals surface area contributed by atoms with E-state index in [0.29, 0.717) is 11.0 Å². The average Bonchev–Trinajstić information content (AvgIpc) is 2.94. The third kappa shape index (κ3) is 1.76. The summed E-state index contributed by atoms with van der Waals surface area (Å²) in [4.78, 5) is 8.67. The van der Waals surface area contributed by atoms with Crippen molar-refractivity contribution in [2.24, 2.45) is 0 Å². The van der Waals surface area contributed by atoms with E-state index in [1.807, 2.05) is 28.1 Å². The van der Waals surface area contributed by atoms with Gasteiger partial charge in [-0.3, -0.25) is 0 Å². The predicted octanol–water partition coefficient (Wildman–Crippen LogP) is 3.34. The van der Waals surface area contributed by atoms with Crippen LogP contribution in [0.2, 0.25) is 5.02 Å². The van der Waals surface area contributed by atoms with Gasteiger partial charge in [-0.2, -0.15) is 0 Å². The molecule has 0 aliphatic carbocycles. The molecule has 0 amide bonds. The summed E-state index contributed by atoms with van der Waals surface area (Å²) in [5.74, 6) is 0.481. The Morgan fingerprint density at radius 1 is 1.44 bits per heavy atom. The van der Waals surface area contributed by atoms with Gasteiger partial charge in [0, 0.05) is 16.6 Å². The zero-order valence-corrected chi connectivity index (χ0v) is 11.2. The second-order valence-electron chi connectivity index (χ2n) is 4.02. The predicted molar refractivity (Wildman–Crippen MR) is 75.1 cm³/mol. The number of hydrogen-bond donors (Lipinski definition) is 1. The Morgan fingerprint density at radius 2 is 2.28 bits per heavy atom. The van der Waals surface area contributed by atoms with Crippen LogP contribution in [0, 0.1) is 0 Å². The third-order valence-corrected chi connectivity index (χ3v) is 4.06. The molecule has 0 saturated carbocycles. The van der Waals surface area contributed by atoms with Gasteiger partial charge in [0.2, 0.25) is 5.95 Å². The van der Waals surface area contributed by atoms with Gasteiger partial charge in [0.05, 0.1) is 17.1 Å². The van der Waals surface area contributed by atoms with Gasteiger partial charge in [0.25, 0.3) is 0 Å². The highest BCUT2D eigenvalue weighted by Gasteiger charge is 2.17. The van der Waals surface area contributed by atoms with Crippen molar-refractivity contribution in [2.75, 3.05) is 5.73 Å². The van der Waals surface area contributed by atoms with Crippen molar-refractivity contribution in [3.8, 4) is 0 Å². The number of imidazole rings is 1. The van der Waals surface area contributed by atoms with Crippen molar-refractivity contribution in [3.05, 3.63) is 39.8 Å². The van der Waals surface area contributed by atoms with Gasteiger partial charge in [-0.15, -0.1) is 11.3 Å². The summed E-state index contributed by atoms with van der Waals surface area (Å²) in [7, 11) is 0. The number of fused-ring (bicyclic) bond motifs is 1. The van der Waals surface area contributed by atoms with Gasteiger partial charge in [-0.1, -0.05) is 11.6 Å². The van der Waals surface area contributed by atoms with Crippen LogP contribution in [-0.4, -0.2) is 14.5 Å². The van der Waals surface area contributed by atoms with E-state index < -0.39 is 0 Å². The van der Waals surface area contributed by atoms with Crippen molar-refractivity contribution in [1.29, 1.82) is 0 Å².